The van der Waals surface area contributed by atoms with Gasteiger partial charge in [0.2, 0.25) is 11.8 Å². The maximum atomic E-state index is 12.3. The molecule has 1 N–H and O–H groups in total. The van der Waals surface area contributed by atoms with Crippen LogP contribution in [0.3, 0.4) is 0 Å². The van der Waals surface area contributed by atoms with E-state index in [4.69, 9.17) is 23.2 Å². The number of carbonyl (C=O) groups excluding carboxylic acids is 3. The molecule has 2 aromatic rings. The first-order chi connectivity index (χ1) is 11.8. The van der Waals surface area contributed by atoms with Crippen LogP contribution in [0.5, 0.6) is 0 Å². The quantitative estimate of drug-likeness (QED) is 0.793. The first-order valence-corrected chi connectivity index (χ1v) is 8.17. The van der Waals surface area contributed by atoms with Crippen LogP contribution in [0.4, 0.5) is 11.4 Å². The monoisotopic (exact) mass is 378 g/mol. The lowest BCUT2D eigenvalue weighted by molar-refractivity contribution is -0.120. The fraction of sp³-hybridized carbons (Fsp3) is 0.167. The maximum absolute atomic E-state index is 12.3. The standard InChI is InChI=1S/C18H16Cl2N2O3/c1-11(23)13-3-6-15(7-4-13)22(12(2)24)10-18(25)21-17-8-5-14(19)9-16(17)20/h3-9H,10H2,1-2H3,(H,21,25). The summed E-state index contributed by atoms with van der Waals surface area (Å²) in [5.74, 6) is -0.779. The van der Waals surface area contributed by atoms with Crippen molar-refractivity contribution in [1.82, 2.24) is 0 Å². The number of ketones is 1. The fourth-order valence-corrected chi connectivity index (χ4v) is 2.64. The van der Waals surface area contributed by atoms with Crippen LogP contribution in [-0.2, 0) is 9.59 Å². The lowest BCUT2D eigenvalue weighted by Gasteiger charge is -2.21. The summed E-state index contributed by atoms with van der Waals surface area (Å²) >= 11 is 11.8. The number of anilines is 2. The Labute approximate surface area is 155 Å². The molecule has 0 aromatic heterocycles. The molecule has 0 aliphatic carbocycles. The van der Waals surface area contributed by atoms with Crippen LogP contribution < -0.4 is 10.2 Å². The number of amides is 2. The normalized spacial score (nSPS) is 10.2. The van der Waals surface area contributed by atoms with Crippen molar-refractivity contribution in [2.75, 3.05) is 16.8 Å². The highest BCUT2D eigenvalue weighted by atomic mass is 35.5. The van der Waals surface area contributed by atoms with Crippen molar-refractivity contribution in [3.8, 4) is 0 Å². The molecule has 0 atom stereocenters. The van der Waals surface area contributed by atoms with Gasteiger partial charge in [0.1, 0.15) is 6.54 Å². The molecular formula is C18H16Cl2N2O3. The topological polar surface area (TPSA) is 66.5 Å². The van der Waals surface area contributed by atoms with Crippen LogP contribution in [0.15, 0.2) is 42.5 Å². The number of nitrogens with zero attached hydrogens (tertiary/aromatic N) is 1. The zero-order chi connectivity index (χ0) is 18.6. The molecule has 0 spiro atoms. The molecule has 2 rings (SSSR count). The van der Waals surface area contributed by atoms with Gasteiger partial charge in [-0.25, -0.2) is 0 Å². The smallest absolute Gasteiger partial charge is 0.244 e. The van der Waals surface area contributed by atoms with Gasteiger partial charge < -0.3 is 10.2 Å². The van der Waals surface area contributed by atoms with Gasteiger partial charge in [-0.3, -0.25) is 14.4 Å². The molecule has 7 heteroatoms. The minimum absolute atomic E-state index is 0.0731. The SMILES string of the molecule is CC(=O)c1ccc(N(CC(=O)Nc2ccc(Cl)cc2Cl)C(C)=O)cc1. The van der Waals surface area contributed by atoms with Gasteiger partial charge >= 0.3 is 0 Å². The minimum Gasteiger partial charge on any atom is -0.323 e. The summed E-state index contributed by atoms with van der Waals surface area (Å²) in [6.45, 7) is 2.64. The Bertz CT molecular complexity index is 820. The van der Waals surface area contributed by atoms with Crippen molar-refractivity contribution in [3.63, 3.8) is 0 Å². The second-order valence-electron chi connectivity index (χ2n) is 5.38. The van der Waals surface area contributed by atoms with E-state index in [1.165, 1.54) is 24.8 Å². The third kappa shape index (κ3) is 5.05. The molecule has 0 heterocycles. The van der Waals surface area contributed by atoms with Gasteiger partial charge in [-0.05, 0) is 49.4 Å². The predicted octanol–water partition coefficient (Wildman–Crippen LogP) is 4.19. The molecule has 0 aliphatic rings. The molecule has 0 fully saturated rings. The molecule has 0 aliphatic heterocycles. The van der Waals surface area contributed by atoms with Crippen LogP contribution in [0, 0.1) is 0 Å². The molecule has 130 valence electrons. The Morgan fingerprint density at radius 1 is 1.00 bits per heavy atom. The van der Waals surface area contributed by atoms with Crippen molar-refractivity contribution in [1.29, 1.82) is 0 Å². The summed E-state index contributed by atoms with van der Waals surface area (Å²) in [6, 6.07) is 11.2. The summed E-state index contributed by atoms with van der Waals surface area (Å²) in [5, 5.41) is 3.41. The number of carbonyl (C=O) groups is 3. The summed E-state index contributed by atoms with van der Waals surface area (Å²) in [7, 11) is 0. The number of halogens is 2. The number of Topliss-reactive ketones (excluding diaryl/α,β-unsaturated/α-hetero) is 1. The molecule has 0 saturated carbocycles. The lowest BCUT2D eigenvalue weighted by Crippen LogP contribution is -2.36. The Kier molecular flexibility index (Phi) is 6.17. The fourth-order valence-electron chi connectivity index (χ4n) is 2.18. The molecule has 0 unspecified atom stereocenters. The van der Waals surface area contributed by atoms with E-state index in [0.717, 1.165) is 0 Å². The van der Waals surface area contributed by atoms with Crippen molar-refractivity contribution in [2.45, 2.75) is 13.8 Å². The van der Waals surface area contributed by atoms with Gasteiger partial charge in [0.25, 0.3) is 0 Å². The van der Waals surface area contributed by atoms with Crippen LogP contribution >= 0.6 is 23.2 Å². The number of hydrogen-bond donors (Lipinski definition) is 1. The van der Waals surface area contributed by atoms with E-state index in [2.05, 4.69) is 5.32 Å². The van der Waals surface area contributed by atoms with Crippen molar-refractivity contribution in [3.05, 3.63) is 58.1 Å². The lowest BCUT2D eigenvalue weighted by atomic mass is 10.1. The van der Waals surface area contributed by atoms with E-state index >= 15 is 0 Å². The summed E-state index contributed by atoms with van der Waals surface area (Å²) in [5.41, 5.74) is 1.46. The molecule has 0 bridgehead atoms. The number of hydrogen-bond acceptors (Lipinski definition) is 3. The first kappa shape index (κ1) is 19.0. The molecule has 2 aromatic carbocycles. The summed E-state index contributed by atoms with van der Waals surface area (Å²) in [6.07, 6.45) is 0. The molecule has 0 radical (unpaired) electrons. The van der Waals surface area contributed by atoms with E-state index in [9.17, 15) is 14.4 Å². The Morgan fingerprint density at radius 2 is 1.64 bits per heavy atom. The number of nitrogens with one attached hydrogen (secondary N) is 1. The second kappa shape index (κ2) is 8.14. The number of benzene rings is 2. The van der Waals surface area contributed by atoms with Gasteiger partial charge in [0.05, 0.1) is 10.7 Å². The average molecular weight is 379 g/mol. The van der Waals surface area contributed by atoms with Crippen LogP contribution in [-0.4, -0.2) is 24.1 Å². The van der Waals surface area contributed by atoms with E-state index in [1.54, 1.807) is 36.4 Å². The van der Waals surface area contributed by atoms with Crippen molar-refractivity contribution >= 4 is 52.2 Å². The van der Waals surface area contributed by atoms with Gasteiger partial charge in [0, 0.05) is 23.2 Å². The average Bonchev–Trinajstić information content (AvgIpc) is 2.55. The summed E-state index contributed by atoms with van der Waals surface area (Å²) < 4.78 is 0. The maximum Gasteiger partial charge on any atom is 0.244 e. The van der Waals surface area contributed by atoms with Crippen molar-refractivity contribution < 1.29 is 14.4 Å². The highest BCUT2D eigenvalue weighted by Crippen LogP contribution is 2.25. The second-order valence-corrected chi connectivity index (χ2v) is 6.22. The molecule has 5 nitrogen and oxygen atoms in total. The van der Waals surface area contributed by atoms with Gasteiger partial charge in [-0.15, -0.1) is 0 Å². The van der Waals surface area contributed by atoms with Crippen molar-refractivity contribution in [2.24, 2.45) is 0 Å². The molecular weight excluding hydrogens is 363 g/mol. The number of rotatable bonds is 5. The van der Waals surface area contributed by atoms with Crippen LogP contribution in [0.25, 0.3) is 0 Å². The van der Waals surface area contributed by atoms with E-state index < -0.39 is 5.91 Å². The minimum atomic E-state index is -0.407. The first-order valence-electron chi connectivity index (χ1n) is 7.42. The van der Waals surface area contributed by atoms with Gasteiger partial charge in [-0.2, -0.15) is 0 Å². The van der Waals surface area contributed by atoms with E-state index in [0.29, 0.717) is 27.0 Å². The molecule has 25 heavy (non-hydrogen) atoms. The third-order valence-corrected chi connectivity index (χ3v) is 4.02. The Balaban J connectivity index is 2.14. The van der Waals surface area contributed by atoms with Crippen LogP contribution in [0.1, 0.15) is 24.2 Å². The molecule has 2 amide bonds. The van der Waals surface area contributed by atoms with E-state index in [1.807, 2.05) is 0 Å². The largest absolute Gasteiger partial charge is 0.323 e. The highest BCUT2D eigenvalue weighted by molar-refractivity contribution is 6.36. The Hall–Kier alpha value is -2.37. The molecule has 0 saturated heterocycles. The van der Waals surface area contributed by atoms with Crippen LogP contribution in [0.2, 0.25) is 10.0 Å². The van der Waals surface area contributed by atoms with Gasteiger partial charge in [0.15, 0.2) is 5.78 Å². The highest BCUT2D eigenvalue weighted by Gasteiger charge is 2.17. The third-order valence-electron chi connectivity index (χ3n) is 3.47. The Morgan fingerprint density at radius 3 is 2.16 bits per heavy atom. The van der Waals surface area contributed by atoms with Gasteiger partial charge in [-0.1, -0.05) is 23.2 Å². The predicted molar refractivity (Wildman–Crippen MR) is 99.6 cm³/mol. The zero-order valence-corrected chi connectivity index (χ0v) is 15.2. The van der Waals surface area contributed by atoms with E-state index in [-0.39, 0.29) is 18.2 Å². The zero-order valence-electron chi connectivity index (χ0n) is 13.7. The summed E-state index contributed by atoms with van der Waals surface area (Å²) in [4.78, 5) is 36.8.